The van der Waals surface area contributed by atoms with Gasteiger partial charge in [-0.25, -0.2) is 8.78 Å². The van der Waals surface area contributed by atoms with Gasteiger partial charge in [-0.2, -0.15) is 0 Å². The van der Waals surface area contributed by atoms with Crippen molar-refractivity contribution in [1.82, 2.24) is 4.90 Å². The van der Waals surface area contributed by atoms with Gasteiger partial charge in [-0.05, 0) is 60.9 Å². The Bertz CT molecular complexity index is 528. The third-order valence-corrected chi connectivity index (χ3v) is 4.55. The molecule has 0 spiro atoms. The van der Waals surface area contributed by atoms with Crippen molar-refractivity contribution in [2.24, 2.45) is 5.73 Å². The van der Waals surface area contributed by atoms with Gasteiger partial charge in [-0.1, -0.05) is 0 Å². The fourth-order valence-electron chi connectivity index (χ4n) is 2.60. The first-order chi connectivity index (χ1) is 9.41. The zero-order valence-corrected chi connectivity index (χ0v) is 14.6. The van der Waals surface area contributed by atoms with Crippen molar-refractivity contribution in [1.29, 1.82) is 0 Å². The number of nitrogens with two attached hydrogens (primary N) is 1. The van der Waals surface area contributed by atoms with E-state index in [9.17, 15) is 13.6 Å². The fourth-order valence-corrected chi connectivity index (χ4v) is 3.26. The smallest absolute Gasteiger partial charge is 0.255 e. The number of carbonyl (C=O) groups is 1. The van der Waals surface area contributed by atoms with Crippen molar-refractivity contribution in [2.75, 3.05) is 6.54 Å². The molecule has 1 heterocycles. The first kappa shape index (κ1) is 18.6. The maximum Gasteiger partial charge on any atom is 0.255 e. The SMILES string of the molecule is CC(N)C1CCCCN1C(=O)c1cc(F)c(F)cc1I.Cl. The Morgan fingerprint density at radius 1 is 1.38 bits per heavy atom. The summed E-state index contributed by atoms with van der Waals surface area (Å²) in [6.45, 7) is 2.48. The maximum absolute atomic E-state index is 13.4. The van der Waals surface area contributed by atoms with Gasteiger partial charge in [0, 0.05) is 22.2 Å². The van der Waals surface area contributed by atoms with Crippen LogP contribution in [0.4, 0.5) is 8.78 Å². The van der Waals surface area contributed by atoms with E-state index in [1.165, 1.54) is 0 Å². The van der Waals surface area contributed by atoms with E-state index in [0.717, 1.165) is 31.4 Å². The molecule has 1 fully saturated rings. The summed E-state index contributed by atoms with van der Waals surface area (Å²) in [7, 11) is 0. The lowest BCUT2D eigenvalue weighted by Gasteiger charge is -2.38. The topological polar surface area (TPSA) is 46.3 Å². The zero-order valence-electron chi connectivity index (χ0n) is 11.6. The van der Waals surface area contributed by atoms with Crippen LogP contribution in [0.1, 0.15) is 36.5 Å². The molecule has 1 aliphatic rings. The van der Waals surface area contributed by atoms with Crippen LogP contribution in [0.5, 0.6) is 0 Å². The van der Waals surface area contributed by atoms with E-state index in [4.69, 9.17) is 5.73 Å². The number of carbonyl (C=O) groups excluding carboxylic acids is 1. The van der Waals surface area contributed by atoms with Crippen molar-refractivity contribution in [2.45, 2.75) is 38.3 Å². The molecule has 1 aliphatic heterocycles. The highest BCUT2D eigenvalue weighted by atomic mass is 127. The maximum atomic E-state index is 13.4. The van der Waals surface area contributed by atoms with Crippen LogP contribution >= 0.6 is 35.0 Å². The third-order valence-electron chi connectivity index (χ3n) is 3.66. The van der Waals surface area contributed by atoms with Crippen molar-refractivity contribution in [3.05, 3.63) is 32.9 Å². The third kappa shape index (κ3) is 4.04. The van der Waals surface area contributed by atoms with Crippen molar-refractivity contribution < 1.29 is 13.6 Å². The zero-order chi connectivity index (χ0) is 14.9. The number of benzene rings is 1. The standard InChI is InChI=1S/C14H17F2IN2O.ClH/c1-8(18)13-4-2-3-5-19(13)14(20)9-6-10(15)11(16)7-12(9)17;/h6-8,13H,2-5,18H2,1H3;1H. The molecule has 1 aromatic carbocycles. The van der Waals surface area contributed by atoms with E-state index >= 15 is 0 Å². The van der Waals surface area contributed by atoms with E-state index in [1.54, 1.807) is 4.90 Å². The minimum atomic E-state index is -0.997. The van der Waals surface area contributed by atoms with Crippen LogP contribution in [0.15, 0.2) is 12.1 Å². The van der Waals surface area contributed by atoms with Crippen LogP contribution in [0.2, 0.25) is 0 Å². The summed E-state index contributed by atoms with van der Waals surface area (Å²) in [5.74, 6) is -2.20. The van der Waals surface area contributed by atoms with Gasteiger partial charge in [0.25, 0.3) is 5.91 Å². The number of rotatable bonds is 2. The molecule has 0 radical (unpaired) electrons. The molecule has 0 bridgehead atoms. The van der Waals surface area contributed by atoms with Crippen molar-refractivity contribution >= 4 is 40.9 Å². The fraction of sp³-hybridized carbons (Fsp3) is 0.500. The lowest BCUT2D eigenvalue weighted by molar-refractivity contribution is 0.0582. The molecule has 2 atom stereocenters. The summed E-state index contributed by atoms with van der Waals surface area (Å²) in [4.78, 5) is 14.3. The Kier molecular flexibility index (Phi) is 6.80. The average Bonchev–Trinajstić information content (AvgIpc) is 2.42. The van der Waals surface area contributed by atoms with Crippen LogP contribution in [-0.2, 0) is 0 Å². The number of halogens is 4. The first-order valence-corrected chi connectivity index (χ1v) is 7.70. The number of nitrogens with zero attached hydrogens (tertiary/aromatic N) is 1. The molecule has 118 valence electrons. The van der Waals surface area contributed by atoms with E-state index in [2.05, 4.69) is 0 Å². The number of likely N-dealkylation sites (tertiary alicyclic amines) is 1. The Morgan fingerprint density at radius 3 is 2.62 bits per heavy atom. The Labute approximate surface area is 142 Å². The second-order valence-electron chi connectivity index (χ2n) is 5.17. The first-order valence-electron chi connectivity index (χ1n) is 6.63. The van der Waals surface area contributed by atoms with Gasteiger partial charge >= 0.3 is 0 Å². The average molecular weight is 431 g/mol. The molecule has 2 rings (SSSR count). The normalized spacial score (nSPS) is 19.9. The van der Waals surface area contributed by atoms with Gasteiger partial charge in [0.15, 0.2) is 11.6 Å². The molecule has 3 nitrogen and oxygen atoms in total. The van der Waals surface area contributed by atoms with Gasteiger partial charge in [-0.15, -0.1) is 12.4 Å². The summed E-state index contributed by atoms with van der Waals surface area (Å²) in [6, 6.07) is 1.85. The van der Waals surface area contributed by atoms with Crippen molar-refractivity contribution in [3.8, 4) is 0 Å². The predicted octanol–water partition coefficient (Wildman–Crippen LogP) is 3.33. The lowest BCUT2D eigenvalue weighted by atomic mass is 9.96. The largest absolute Gasteiger partial charge is 0.334 e. The minimum Gasteiger partial charge on any atom is -0.334 e. The molecule has 2 unspecified atom stereocenters. The van der Waals surface area contributed by atoms with Crippen LogP contribution in [0.3, 0.4) is 0 Å². The van der Waals surface area contributed by atoms with E-state index < -0.39 is 11.6 Å². The Hall–Kier alpha value is -0.470. The second-order valence-corrected chi connectivity index (χ2v) is 6.33. The molecule has 1 saturated heterocycles. The summed E-state index contributed by atoms with van der Waals surface area (Å²) in [5, 5.41) is 0. The summed E-state index contributed by atoms with van der Waals surface area (Å²) < 4.78 is 26.9. The highest BCUT2D eigenvalue weighted by molar-refractivity contribution is 14.1. The summed E-state index contributed by atoms with van der Waals surface area (Å²) in [6.07, 6.45) is 2.80. The van der Waals surface area contributed by atoms with E-state index in [1.807, 2.05) is 29.5 Å². The number of hydrogen-bond acceptors (Lipinski definition) is 2. The van der Waals surface area contributed by atoms with Gasteiger partial charge in [0.2, 0.25) is 0 Å². The molecule has 0 aliphatic carbocycles. The van der Waals surface area contributed by atoms with Crippen LogP contribution < -0.4 is 5.73 Å². The molecule has 1 amide bonds. The molecule has 0 aromatic heterocycles. The Morgan fingerprint density at radius 2 is 2.00 bits per heavy atom. The molecule has 1 aromatic rings. The number of piperidine rings is 1. The van der Waals surface area contributed by atoms with Crippen molar-refractivity contribution in [3.63, 3.8) is 0 Å². The lowest BCUT2D eigenvalue weighted by Crippen LogP contribution is -2.51. The molecular formula is C14H18ClF2IN2O. The van der Waals surface area contributed by atoms with E-state index in [-0.39, 0.29) is 36.0 Å². The van der Waals surface area contributed by atoms with E-state index in [0.29, 0.717) is 10.1 Å². The molecular weight excluding hydrogens is 413 g/mol. The second kappa shape index (κ2) is 7.69. The van der Waals surface area contributed by atoms with Gasteiger partial charge < -0.3 is 10.6 Å². The molecule has 0 saturated carbocycles. The van der Waals surface area contributed by atoms with Crippen LogP contribution in [0.25, 0.3) is 0 Å². The van der Waals surface area contributed by atoms with Gasteiger partial charge in [-0.3, -0.25) is 4.79 Å². The molecule has 21 heavy (non-hydrogen) atoms. The highest BCUT2D eigenvalue weighted by Crippen LogP contribution is 2.24. The molecule has 7 heteroatoms. The summed E-state index contributed by atoms with van der Waals surface area (Å²) >= 11 is 1.85. The monoisotopic (exact) mass is 430 g/mol. The van der Waals surface area contributed by atoms with Crippen LogP contribution in [0, 0.1) is 15.2 Å². The number of hydrogen-bond donors (Lipinski definition) is 1. The summed E-state index contributed by atoms with van der Waals surface area (Å²) in [5.41, 5.74) is 6.14. The highest BCUT2D eigenvalue weighted by Gasteiger charge is 2.31. The molecule has 2 N–H and O–H groups in total. The Balaban J connectivity index is 0.00000220. The van der Waals surface area contributed by atoms with Gasteiger partial charge in [0.1, 0.15) is 0 Å². The predicted molar refractivity (Wildman–Crippen MR) is 88.6 cm³/mol. The van der Waals surface area contributed by atoms with Gasteiger partial charge in [0.05, 0.1) is 5.56 Å². The minimum absolute atomic E-state index is 0. The van der Waals surface area contributed by atoms with Crippen LogP contribution in [-0.4, -0.2) is 29.4 Å². The quantitative estimate of drug-likeness (QED) is 0.578. The number of amides is 1.